The first-order valence-electron chi connectivity index (χ1n) is 7.86. The number of benzene rings is 1. The van der Waals surface area contributed by atoms with Gasteiger partial charge in [-0.2, -0.15) is 0 Å². The Hall–Kier alpha value is -2.41. The van der Waals surface area contributed by atoms with Crippen LogP contribution in [0.15, 0.2) is 24.3 Å². The lowest BCUT2D eigenvalue weighted by atomic mass is 10.2. The standard InChI is InChI=1S/C17H20N4O2S/c1-11-15(24-12(2)19-11)9-16(22)20-13-5-3-4-6-14(13)21-8-7-18-17(23)10-21/h3-6H,7-10H2,1-2H3,(H,18,23)(H,20,22). The normalized spacial score (nSPS) is 14.4. The Morgan fingerprint density at radius 1 is 1.38 bits per heavy atom. The molecule has 1 aromatic carbocycles. The summed E-state index contributed by atoms with van der Waals surface area (Å²) in [4.78, 5) is 31.4. The van der Waals surface area contributed by atoms with E-state index in [0.717, 1.165) is 33.5 Å². The van der Waals surface area contributed by atoms with Gasteiger partial charge in [-0.1, -0.05) is 12.1 Å². The fourth-order valence-electron chi connectivity index (χ4n) is 2.78. The number of nitrogens with one attached hydrogen (secondary N) is 2. The third-order valence-corrected chi connectivity index (χ3v) is 4.95. The monoisotopic (exact) mass is 344 g/mol. The number of carbonyl (C=O) groups is 2. The average molecular weight is 344 g/mol. The Kier molecular flexibility index (Phi) is 4.80. The summed E-state index contributed by atoms with van der Waals surface area (Å²) in [6.45, 7) is 5.51. The van der Waals surface area contributed by atoms with Crippen LogP contribution in [0.1, 0.15) is 15.6 Å². The van der Waals surface area contributed by atoms with Crippen LogP contribution in [0.3, 0.4) is 0 Å². The third-order valence-electron chi connectivity index (χ3n) is 3.88. The molecule has 0 bridgehead atoms. The van der Waals surface area contributed by atoms with Crippen molar-refractivity contribution >= 4 is 34.5 Å². The molecule has 1 saturated heterocycles. The zero-order valence-electron chi connectivity index (χ0n) is 13.8. The molecule has 1 aliphatic heterocycles. The molecule has 0 saturated carbocycles. The number of thiazole rings is 1. The highest BCUT2D eigenvalue weighted by Gasteiger charge is 2.20. The lowest BCUT2D eigenvalue weighted by Crippen LogP contribution is -2.47. The van der Waals surface area contributed by atoms with Gasteiger partial charge in [0.25, 0.3) is 0 Å². The Morgan fingerprint density at radius 2 is 2.17 bits per heavy atom. The number of anilines is 2. The first-order chi connectivity index (χ1) is 11.5. The smallest absolute Gasteiger partial charge is 0.239 e. The number of amides is 2. The van der Waals surface area contributed by atoms with E-state index in [1.165, 1.54) is 0 Å². The molecule has 6 nitrogen and oxygen atoms in total. The number of nitrogens with zero attached hydrogens (tertiary/aromatic N) is 2. The molecule has 0 atom stereocenters. The Morgan fingerprint density at radius 3 is 2.88 bits per heavy atom. The molecule has 7 heteroatoms. The van der Waals surface area contributed by atoms with Crippen molar-refractivity contribution in [1.82, 2.24) is 10.3 Å². The van der Waals surface area contributed by atoms with Crippen LogP contribution in [-0.2, 0) is 16.0 Å². The topological polar surface area (TPSA) is 74.3 Å². The van der Waals surface area contributed by atoms with Crippen LogP contribution in [0.2, 0.25) is 0 Å². The number of para-hydroxylation sites is 2. The second kappa shape index (κ2) is 7.00. The maximum absolute atomic E-state index is 12.4. The van der Waals surface area contributed by atoms with Crippen molar-refractivity contribution in [3.05, 3.63) is 39.8 Å². The van der Waals surface area contributed by atoms with Gasteiger partial charge in [0.15, 0.2) is 0 Å². The van der Waals surface area contributed by atoms with Crippen LogP contribution in [0, 0.1) is 13.8 Å². The molecule has 0 aliphatic carbocycles. The fourth-order valence-corrected chi connectivity index (χ4v) is 3.71. The highest BCUT2D eigenvalue weighted by atomic mass is 32.1. The van der Waals surface area contributed by atoms with Crippen LogP contribution in [0.25, 0.3) is 0 Å². The number of hydrogen-bond acceptors (Lipinski definition) is 5. The SMILES string of the molecule is Cc1nc(C)c(CC(=O)Nc2ccccc2N2CCNC(=O)C2)s1. The summed E-state index contributed by atoms with van der Waals surface area (Å²) in [7, 11) is 0. The Bertz CT molecular complexity index is 772. The maximum Gasteiger partial charge on any atom is 0.239 e. The van der Waals surface area contributed by atoms with Gasteiger partial charge >= 0.3 is 0 Å². The highest BCUT2D eigenvalue weighted by Crippen LogP contribution is 2.26. The summed E-state index contributed by atoms with van der Waals surface area (Å²) in [6, 6.07) is 7.58. The van der Waals surface area contributed by atoms with E-state index in [1.54, 1.807) is 11.3 Å². The molecule has 24 heavy (non-hydrogen) atoms. The number of aryl methyl sites for hydroxylation is 2. The van der Waals surface area contributed by atoms with Crippen molar-refractivity contribution in [1.29, 1.82) is 0 Å². The molecule has 0 spiro atoms. The van der Waals surface area contributed by atoms with Gasteiger partial charge in [0.1, 0.15) is 0 Å². The summed E-state index contributed by atoms with van der Waals surface area (Å²) >= 11 is 1.55. The van der Waals surface area contributed by atoms with Crippen molar-refractivity contribution in [2.24, 2.45) is 0 Å². The van der Waals surface area contributed by atoms with Gasteiger partial charge in [0.2, 0.25) is 11.8 Å². The molecule has 2 N–H and O–H groups in total. The molecule has 2 heterocycles. The molecule has 3 rings (SSSR count). The quantitative estimate of drug-likeness (QED) is 0.888. The molecular formula is C17H20N4O2S. The van der Waals surface area contributed by atoms with E-state index in [-0.39, 0.29) is 11.8 Å². The van der Waals surface area contributed by atoms with E-state index in [4.69, 9.17) is 0 Å². The molecular weight excluding hydrogens is 324 g/mol. The molecule has 0 radical (unpaired) electrons. The predicted molar refractivity (Wildman–Crippen MR) is 95.6 cm³/mol. The van der Waals surface area contributed by atoms with Crippen molar-refractivity contribution in [2.45, 2.75) is 20.3 Å². The van der Waals surface area contributed by atoms with Crippen molar-refractivity contribution < 1.29 is 9.59 Å². The van der Waals surface area contributed by atoms with Gasteiger partial charge in [-0.15, -0.1) is 11.3 Å². The van der Waals surface area contributed by atoms with Gasteiger partial charge in [0, 0.05) is 18.0 Å². The van der Waals surface area contributed by atoms with E-state index >= 15 is 0 Å². The minimum absolute atomic E-state index is 0.00172. The lowest BCUT2D eigenvalue weighted by molar-refractivity contribution is -0.120. The molecule has 2 amide bonds. The van der Waals surface area contributed by atoms with Gasteiger partial charge < -0.3 is 15.5 Å². The molecule has 1 aliphatic rings. The zero-order valence-corrected chi connectivity index (χ0v) is 14.6. The zero-order chi connectivity index (χ0) is 17.1. The molecule has 1 fully saturated rings. The Balaban J connectivity index is 1.74. The van der Waals surface area contributed by atoms with Gasteiger partial charge in [-0.3, -0.25) is 9.59 Å². The van der Waals surface area contributed by atoms with E-state index in [2.05, 4.69) is 15.6 Å². The Labute approximate surface area is 144 Å². The van der Waals surface area contributed by atoms with Crippen LogP contribution >= 0.6 is 11.3 Å². The number of piperazine rings is 1. The molecule has 126 valence electrons. The number of aromatic nitrogens is 1. The first kappa shape index (κ1) is 16.4. The second-order valence-electron chi connectivity index (χ2n) is 5.76. The summed E-state index contributed by atoms with van der Waals surface area (Å²) in [6.07, 6.45) is 0.312. The maximum atomic E-state index is 12.4. The largest absolute Gasteiger partial charge is 0.359 e. The lowest BCUT2D eigenvalue weighted by Gasteiger charge is -2.30. The molecule has 1 aromatic heterocycles. The predicted octanol–water partition coefficient (Wildman–Crippen LogP) is 1.88. The van der Waals surface area contributed by atoms with Crippen molar-refractivity contribution in [3.8, 4) is 0 Å². The minimum Gasteiger partial charge on any atom is -0.359 e. The van der Waals surface area contributed by atoms with Crippen LogP contribution in [-0.4, -0.2) is 36.4 Å². The molecule has 2 aromatic rings. The number of hydrogen-bond donors (Lipinski definition) is 2. The van der Waals surface area contributed by atoms with E-state index in [0.29, 0.717) is 19.5 Å². The second-order valence-corrected chi connectivity index (χ2v) is 7.04. The summed E-state index contributed by atoms with van der Waals surface area (Å²) < 4.78 is 0. The summed E-state index contributed by atoms with van der Waals surface area (Å²) in [5.41, 5.74) is 2.52. The van der Waals surface area contributed by atoms with Gasteiger partial charge in [-0.05, 0) is 26.0 Å². The highest BCUT2D eigenvalue weighted by molar-refractivity contribution is 7.11. The van der Waals surface area contributed by atoms with Crippen LogP contribution in [0.5, 0.6) is 0 Å². The summed E-state index contributed by atoms with van der Waals surface area (Å²) in [5.74, 6) is -0.0752. The summed E-state index contributed by atoms with van der Waals surface area (Å²) in [5, 5.41) is 6.75. The van der Waals surface area contributed by atoms with Crippen LogP contribution < -0.4 is 15.5 Å². The van der Waals surface area contributed by atoms with E-state index in [1.807, 2.05) is 43.0 Å². The fraction of sp³-hybridized carbons (Fsp3) is 0.353. The van der Waals surface area contributed by atoms with Crippen molar-refractivity contribution in [3.63, 3.8) is 0 Å². The van der Waals surface area contributed by atoms with Gasteiger partial charge in [0.05, 0.1) is 35.0 Å². The minimum atomic E-state index is -0.0735. The first-order valence-corrected chi connectivity index (χ1v) is 8.68. The third kappa shape index (κ3) is 3.73. The van der Waals surface area contributed by atoms with E-state index in [9.17, 15) is 9.59 Å². The number of rotatable bonds is 4. The van der Waals surface area contributed by atoms with Crippen molar-refractivity contribution in [2.75, 3.05) is 29.9 Å². The van der Waals surface area contributed by atoms with Crippen LogP contribution in [0.4, 0.5) is 11.4 Å². The number of carbonyl (C=O) groups excluding carboxylic acids is 2. The van der Waals surface area contributed by atoms with E-state index < -0.39 is 0 Å². The van der Waals surface area contributed by atoms with Gasteiger partial charge in [-0.25, -0.2) is 4.98 Å². The molecule has 0 unspecified atom stereocenters. The average Bonchev–Trinajstić information content (AvgIpc) is 2.85.